The molecule has 0 amide bonds. The maximum absolute atomic E-state index is 12.7. The van der Waals surface area contributed by atoms with Gasteiger partial charge in [0.2, 0.25) is 10.0 Å². The van der Waals surface area contributed by atoms with E-state index in [2.05, 4.69) is 0 Å². The lowest BCUT2D eigenvalue weighted by atomic mass is 10.0. The van der Waals surface area contributed by atoms with E-state index in [1.165, 1.54) is 16.6 Å². The van der Waals surface area contributed by atoms with Gasteiger partial charge in [0.15, 0.2) is 0 Å². The molecule has 0 bridgehead atoms. The van der Waals surface area contributed by atoms with E-state index in [0.717, 1.165) is 25.7 Å². The molecule has 2 aliphatic rings. The molecule has 1 atom stereocenters. The first-order valence-electron chi connectivity index (χ1n) is 7.35. The van der Waals surface area contributed by atoms with Gasteiger partial charge in [-0.25, -0.2) is 13.2 Å². The van der Waals surface area contributed by atoms with Gasteiger partial charge in [0.25, 0.3) is 0 Å². The average Bonchev–Trinajstić information content (AvgIpc) is 3.16. The fraction of sp³-hybridized carbons (Fsp3) is 0.643. The van der Waals surface area contributed by atoms with E-state index in [1.807, 2.05) is 6.92 Å². The van der Waals surface area contributed by atoms with Crippen LogP contribution in [0.1, 0.15) is 49.1 Å². The Morgan fingerprint density at radius 2 is 2.05 bits per heavy atom. The highest BCUT2D eigenvalue weighted by molar-refractivity contribution is 7.89. The highest BCUT2D eigenvalue weighted by Crippen LogP contribution is 2.38. The standard InChI is InChI=1S/C14H20N2O4S/c1-10-3-2-6-15(8-10)21(19,20)12-7-13(14(17)18)16(9-12)11-4-5-11/h7,9-11H,2-6,8H2,1H3,(H,17,18). The second-order valence-electron chi connectivity index (χ2n) is 6.12. The quantitative estimate of drug-likeness (QED) is 0.921. The molecule has 1 saturated heterocycles. The fourth-order valence-electron chi connectivity index (χ4n) is 2.93. The Bertz CT molecular complexity index is 661. The minimum absolute atomic E-state index is 0.0705. The van der Waals surface area contributed by atoms with Crippen molar-refractivity contribution in [2.24, 2.45) is 5.92 Å². The summed E-state index contributed by atoms with van der Waals surface area (Å²) in [7, 11) is -3.59. The van der Waals surface area contributed by atoms with Gasteiger partial charge < -0.3 is 9.67 Å². The third kappa shape index (κ3) is 2.72. The molecule has 1 aromatic rings. The monoisotopic (exact) mass is 312 g/mol. The average molecular weight is 312 g/mol. The topological polar surface area (TPSA) is 79.6 Å². The molecule has 1 N–H and O–H groups in total. The van der Waals surface area contributed by atoms with E-state index in [9.17, 15) is 18.3 Å². The van der Waals surface area contributed by atoms with Gasteiger partial charge in [0.05, 0.1) is 0 Å². The van der Waals surface area contributed by atoms with Crippen LogP contribution in [0.2, 0.25) is 0 Å². The molecule has 1 aliphatic heterocycles. The maximum atomic E-state index is 12.7. The van der Waals surface area contributed by atoms with Gasteiger partial charge in [0.1, 0.15) is 10.6 Å². The number of carboxylic acids is 1. The predicted octanol–water partition coefficient (Wildman–Crippen LogP) is 1.94. The lowest BCUT2D eigenvalue weighted by molar-refractivity contribution is 0.0685. The number of aromatic carboxylic acids is 1. The van der Waals surface area contributed by atoms with Crippen LogP contribution in [0, 0.1) is 5.92 Å². The van der Waals surface area contributed by atoms with E-state index < -0.39 is 16.0 Å². The van der Waals surface area contributed by atoms with Gasteiger partial charge in [-0.3, -0.25) is 0 Å². The predicted molar refractivity (Wildman–Crippen MR) is 76.8 cm³/mol. The largest absolute Gasteiger partial charge is 0.477 e. The molecule has 2 heterocycles. The molecule has 0 aromatic carbocycles. The zero-order chi connectivity index (χ0) is 15.2. The maximum Gasteiger partial charge on any atom is 0.352 e. The van der Waals surface area contributed by atoms with Gasteiger partial charge in [-0.1, -0.05) is 6.92 Å². The van der Waals surface area contributed by atoms with Crippen molar-refractivity contribution in [2.45, 2.75) is 43.5 Å². The summed E-state index contributed by atoms with van der Waals surface area (Å²) >= 11 is 0. The lowest BCUT2D eigenvalue weighted by Crippen LogP contribution is -2.38. The summed E-state index contributed by atoms with van der Waals surface area (Å²) in [4.78, 5) is 11.4. The van der Waals surface area contributed by atoms with Gasteiger partial charge >= 0.3 is 5.97 Å². The molecule has 1 unspecified atom stereocenters. The molecule has 1 aliphatic carbocycles. The van der Waals surface area contributed by atoms with Crippen molar-refractivity contribution in [1.29, 1.82) is 0 Å². The molecule has 1 saturated carbocycles. The second-order valence-corrected chi connectivity index (χ2v) is 8.05. The number of hydrogen-bond acceptors (Lipinski definition) is 3. The molecule has 1 aromatic heterocycles. The Labute approximate surface area is 124 Å². The number of carbonyl (C=O) groups is 1. The van der Waals surface area contributed by atoms with Crippen molar-refractivity contribution in [2.75, 3.05) is 13.1 Å². The molecule has 2 fully saturated rings. The highest BCUT2D eigenvalue weighted by atomic mass is 32.2. The van der Waals surface area contributed by atoms with Crippen molar-refractivity contribution in [3.8, 4) is 0 Å². The van der Waals surface area contributed by atoms with Crippen molar-refractivity contribution in [3.63, 3.8) is 0 Å². The van der Waals surface area contributed by atoms with Crippen LogP contribution in [0.15, 0.2) is 17.2 Å². The molecule has 116 valence electrons. The zero-order valence-electron chi connectivity index (χ0n) is 12.0. The van der Waals surface area contributed by atoms with Crippen molar-refractivity contribution < 1.29 is 18.3 Å². The van der Waals surface area contributed by atoms with Gasteiger partial charge in [-0.05, 0) is 37.7 Å². The molecule has 6 nitrogen and oxygen atoms in total. The Balaban J connectivity index is 1.95. The Morgan fingerprint density at radius 1 is 1.33 bits per heavy atom. The van der Waals surface area contributed by atoms with Crippen LogP contribution >= 0.6 is 0 Å². The first-order valence-corrected chi connectivity index (χ1v) is 8.79. The molecule has 0 spiro atoms. The summed E-state index contributed by atoms with van der Waals surface area (Å²) in [6, 6.07) is 1.44. The summed E-state index contributed by atoms with van der Waals surface area (Å²) < 4.78 is 28.5. The molecular formula is C14H20N2O4S. The summed E-state index contributed by atoms with van der Waals surface area (Å²) in [5.41, 5.74) is 0.0705. The first-order chi connectivity index (χ1) is 9.89. The van der Waals surface area contributed by atoms with Crippen LogP contribution in [0.5, 0.6) is 0 Å². The van der Waals surface area contributed by atoms with E-state index in [0.29, 0.717) is 19.0 Å². The molecule has 3 rings (SSSR count). The zero-order valence-corrected chi connectivity index (χ0v) is 12.8. The number of hydrogen-bond donors (Lipinski definition) is 1. The van der Waals surface area contributed by atoms with E-state index in [1.54, 1.807) is 4.57 Å². The second kappa shape index (κ2) is 5.14. The molecular weight excluding hydrogens is 292 g/mol. The van der Waals surface area contributed by atoms with Crippen LogP contribution in [0.25, 0.3) is 0 Å². The summed E-state index contributed by atoms with van der Waals surface area (Å²) in [6.45, 7) is 3.07. The van der Waals surface area contributed by atoms with Gasteiger partial charge in [-0.2, -0.15) is 4.31 Å². The van der Waals surface area contributed by atoms with Crippen LogP contribution in [-0.2, 0) is 10.0 Å². The normalized spacial score (nSPS) is 24.1. The third-order valence-electron chi connectivity index (χ3n) is 4.24. The van der Waals surface area contributed by atoms with Gasteiger partial charge in [-0.15, -0.1) is 0 Å². The SMILES string of the molecule is CC1CCCN(S(=O)(=O)c2cc(C(=O)O)n(C3CC3)c2)C1. The molecule has 7 heteroatoms. The van der Waals surface area contributed by atoms with E-state index in [-0.39, 0.29) is 16.6 Å². The summed E-state index contributed by atoms with van der Waals surface area (Å²) in [5.74, 6) is -0.728. The minimum Gasteiger partial charge on any atom is -0.477 e. The minimum atomic E-state index is -3.59. The summed E-state index contributed by atoms with van der Waals surface area (Å²) in [6.07, 6.45) is 5.21. The Kier molecular flexibility index (Phi) is 3.57. The van der Waals surface area contributed by atoms with Crippen LogP contribution in [0.3, 0.4) is 0 Å². The smallest absolute Gasteiger partial charge is 0.352 e. The lowest BCUT2D eigenvalue weighted by Gasteiger charge is -2.29. The van der Waals surface area contributed by atoms with Crippen LogP contribution < -0.4 is 0 Å². The number of aromatic nitrogens is 1. The van der Waals surface area contributed by atoms with Crippen molar-refractivity contribution in [1.82, 2.24) is 8.87 Å². The fourth-order valence-corrected chi connectivity index (χ4v) is 4.56. The molecule has 0 radical (unpaired) electrons. The van der Waals surface area contributed by atoms with Crippen molar-refractivity contribution in [3.05, 3.63) is 18.0 Å². The third-order valence-corrected chi connectivity index (χ3v) is 6.07. The Hall–Kier alpha value is -1.34. The van der Waals surface area contributed by atoms with E-state index in [4.69, 9.17) is 0 Å². The molecule has 21 heavy (non-hydrogen) atoms. The number of rotatable bonds is 4. The first kappa shape index (κ1) is 14.6. The number of sulfonamides is 1. The number of nitrogens with zero attached hydrogens (tertiary/aromatic N) is 2. The van der Waals surface area contributed by atoms with Crippen molar-refractivity contribution >= 4 is 16.0 Å². The summed E-state index contributed by atoms with van der Waals surface area (Å²) in [5, 5.41) is 9.24. The van der Waals surface area contributed by atoms with E-state index >= 15 is 0 Å². The Morgan fingerprint density at radius 3 is 2.62 bits per heavy atom. The van der Waals surface area contributed by atoms with Crippen LogP contribution in [-0.4, -0.2) is 41.5 Å². The van der Waals surface area contributed by atoms with Crippen LogP contribution in [0.4, 0.5) is 0 Å². The number of carboxylic acid groups (broad SMARTS) is 1. The number of piperidine rings is 1. The van der Waals surface area contributed by atoms with Gasteiger partial charge in [0, 0.05) is 25.3 Å². The highest BCUT2D eigenvalue weighted by Gasteiger charge is 2.34.